The van der Waals surface area contributed by atoms with Crippen molar-refractivity contribution in [1.29, 1.82) is 0 Å². The Morgan fingerprint density at radius 2 is 1.62 bits per heavy atom. The van der Waals surface area contributed by atoms with Crippen molar-refractivity contribution in [2.75, 3.05) is 24.2 Å². The maximum Gasteiger partial charge on any atom is 0.244 e. The highest BCUT2D eigenvalue weighted by Crippen LogP contribution is 2.28. The number of sulfonamides is 1. The lowest BCUT2D eigenvalue weighted by molar-refractivity contribution is -0.139. The summed E-state index contributed by atoms with van der Waals surface area (Å²) in [5, 5.41) is 4.50. The maximum atomic E-state index is 13.8. The quantitative estimate of drug-likeness (QED) is 0.409. The molecule has 0 spiro atoms. The molecule has 198 valence electrons. The molecule has 2 amide bonds. The molecule has 0 fully saturated rings. The van der Waals surface area contributed by atoms with E-state index in [2.05, 4.69) is 5.32 Å². The zero-order chi connectivity index (χ0) is 27.2. The van der Waals surface area contributed by atoms with Gasteiger partial charge in [0, 0.05) is 18.0 Å². The summed E-state index contributed by atoms with van der Waals surface area (Å²) in [4.78, 5) is 28.2. The molecule has 3 rings (SSSR count). The second-order valence-electron chi connectivity index (χ2n) is 9.13. The van der Waals surface area contributed by atoms with Crippen LogP contribution in [0.15, 0.2) is 66.7 Å². The second kappa shape index (κ2) is 12.1. The maximum absolute atomic E-state index is 13.8. The molecule has 2 atom stereocenters. The summed E-state index contributed by atoms with van der Waals surface area (Å²) in [5.74, 6) is -0.114. The van der Waals surface area contributed by atoms with Crippen molar-refractivity contribution in [3.8, 4) is 5.75 Å². The standard InChI is InChI=1S/C28H35N3O5S/c1-6-20(2)29-28(33)21(3)30(18-22-14-16-24(36-4)17-15-22)27(32)19-31(37(5,34)35)26-13-9-11-23-10-7-8-12-25(23)26/h7-17,20-21H,6,18-19H2,1-5H3,(H,29,33)/t20-,21-/m0/s1. The minimum atomic E-state index is -3.82. The minimum Gasteiger partial charge on any atom is -0.497 e. The van der Waals surface area contributed by atoms with Crippen molar-refractivity contribution in [2.45, 2.75) is 45.8 Å². The van der Waals surface area contributed by atoms with Gasteiger partial charge in [0.05, 0.1) is 19.1 Å². The summed E-state index contributed by atoms with van der Waals surface area (Å²) < 4.78 is 32.2. The highest BCUT2D eigenvalue weighted by molar-refractivity contribution is 7.92. The Morgan fingerprint density at radius 1 is 0.973 bits per heavy atom. The van der Waals surface area contributed by atoms with Crippen LogP contribution in [0, 0.1) is 0 Å². The summed E-state index contributed by atoms with van der Waals surface area (Å²) in [6.07, 6.45) is 1.82. The number of amides is 2. The topological polar surface area (TPSA) is 96.0 Å². The van der Waals surface area contributed by atoms with Gasteiger partial charge in [0.1, 0.15) is 18.3 Å². The Labute approximate surface area is 219 Å². The molecule has 0 bridgehead atoms. The largest absolute Gasteiger partial charge is 0.497 e. The highest BCUT2D eigenvalue weighted by Gasteiger charge is 2.31. The number of carbonyl (C=O) groups excluding carboxylic acids is 2. The number of nitrogens with zero attached hydrogens (tertiary/aromatic N) is 2. The molecule has 9 heteroatoms. The fourth-order valence-electron chi connectivity index (χ4n) is 4.00. The predicted octanol–water partition coefficient (Wildman–Crippen LogP) is 3.95. The van der Waals surface area contributed by atoms with Crippen LogP contribution in [-0.4, -0.2) is 57.1 Å². The van der Waals surface area contributed by atoms with E-state index in [1.807, 2.05) is 56.3 Å². The van der Waals surface area contributed by atoms with Crippen LogP contribution in [0.25, 0.3) is 10.8 Å². The first-order chi connectivity index (χ1) is 17.5. The van der Waals surface area contributed by atoms with E-state index in [0.29, 0.717) is 16.8 Å². The van der Waals surface area contributed by atoms with E-state index < -0.39 is 28.5 Å². The Morgan fingerprint density at radius 3 is 2.24 bits per heavy atom. The van der Waals surface area contributed by atoms with Crippen LogP contribution in [-0.2, 0) is 26.2 Å². The molecular weight excluding hydrogens is 490 g/mol. The number of hydrogen-bond acceptors (Lipinski definition) is 5. The number of nitrogens with one attached hydrogen (secondary N) is 1. The summed E-state index contributed by atoms with van der Waals surface area (Å²) >= 11 is 0. The van der Waals surface area contributed by atoms with Gasteiger partial charge in [-0.25, -0.2) is 8.42 Å². The van der Waals surface area contributed by atoms with E-state index >= 15 is 0 Å². The molecule has 3 aromatic carbocycles. The number of anilines is 1. The van der Waals surface area contributed by atoms with Crippen molar-refractivity contribution in [3.05, 3.63) is 72.3 Å². The molecule has 0 aliphatic heterocycles. The summed E-state index contributed by atoms with van der Waals surface area (Å²) in [7, 11) is -2.25. The number of carbonyl (C=O) groups is 2. The first-order valence-corrected chi connectivity index (χ1v) is 14.1. The van der Waals surface area contributed by atoms with Gasteiger partial charge < -0.3 is 15.0 Å². The number of rotatable bonds is 11. The lowest BCUT2D eigenvalue weighted by atomic mass is 10.1. The average molecular weight is 526 g/mol. The minimum absolute atomic E-state index is 0.0592. The van der Waals surface area contributed by atoms with Gasteiger partial charge in [0.15, 0.2) is 0 Å². The van der Waals surface area contributed by atoms with Crippen LogP contribution in [0.4, 0.5) is 5.69 Å². The molecule has 0 aliphatic rings. The van der Waals surface area contributed by atoms with Gasteiger partial charge in [0.25, 0.3) is 0 Å². The number of hydrogen-bond donors (Lipinski definition) is 1. The molecular formula is C28H35N3O5S. The van der Waals surface area contributed by atoms with Gasteiger partial charge in [-0.15, -0.1) is 0 Å². The van der Waals surface area contributed by atoms with Crippen molar-refractivity contribution in [3.63, 3.8) is 0 Å². The van der Waals surface area contributed by atoms with Gasteiger partial charge in [-0.05, 0) is 49.4 Å². The second-order valence-corrected chi connectivity index (χ2v) is 11.0. The van der Waals surface area contributed by atoms with E-state index in [9.17, 15) is 18.0 Å². The van der Waals surface area contributed by atoms with Crippen molar-refractivity contribution < 1.29 is 22.7 Å². The smallest absolute Gasteiger partial charge is 0.244 e. The van der Waals surface area contributed by atoms with Crippen LogP contribution < -0.4 is 14.4 Å². The third-order valence-electron chi connectivity index (χ3n) is 6.39. The Kier molecular flexibility index (Phi) is 9.15. The van der Waals surface area contributed by atoms with Crippen molar-refractivity contribution in [1.82, 2.24) is 10.2 Å². The van der Waals surface area contributed by atoms with E-state index in [0.717, 1.165) is 27.9 Å². The van der Waals surface area contributed by atoms with Gasteiger partial charge in [0.2, 0.25) is 21.8 Å². The molecule has 0 unspecified atom stereocenters. The molecule has 0 saturated heterocycles. The number of fused-ring (bicyclic) bond motifs is 1. The summed E-state index contributed by atoms with van der Waals surface area (Å²) in [6, 6.07) is 19.1. The molecule has 3 aromatic rings. The van der Waals surface area contributed by atoms with E-state index in [4.69, 9.17) is 4.74 Å². The molecule has 37 heavy (non-hydrogen) atoms. The lowest BCUT2D eigenvalue weighted by Gasteiger charge is -2.32. The summed E-state index contributed by atoms with van der Waals surface area (Å²) in [6.45, 7) is 5.20. The first kappa shape index (κ1) is 28.0. The van der Waals surface area contributed by atoms with Crippen LogP contribution in [0.3, 0.4) is 0 Å². The molecule has 8 nitrogen and oxygen atoms in total. The zero-order valence-electron chi connectivity index (χ0n) is 22.0. The summed E-state index contributed by atoms with van der Waals surface area (Å²) in [5.41, 5.74) is 1.20. The van der Waals surface area contributed by atoms with Crippen molar-refractivity contribution in [2.24, 2.45) is 0 Å². The fraction of sp³-hybridized carbons (Fsp3) is 0.357. The molecule has 0 radical (unpaired) electrons. The zero-order valence-corrected chi connectivity index (χ0v) is 22.8. The molecule has 1 N–H and O–H groups in total. The van der Waals surface area contributed by atoms with Crippen LogP contribution in [0.1, 0.15) is 32.8 Å². The first-order valence-electron chi connectivity index (χ1n) is 12.2. The van der Waals surface area contributed by atoms with Gasteiger partial charge in [-0.3, -0.25) is 13.9 Å². The van der Waals surface area contributed by atoms with E-state index in [-0.39, 0.29) is 18.5 Å². The predicted molar refractivity (Wildman–Crippen MR) is 147 cm³/mol. The van der Waals surface area contributed by atoms with Gasteiger partial charge >= 0.3 is 0 Å². The number of benzene rings is 3. The van der Waals surface area contributed by atoms with E-state index in [1.54, 1.807) is 38.3 Å². The monoisotopic (exact) mass is 525 g/mol. The van der Waals surface area contributed by atoms with Crippen LogP contribution >= 0.6 is 0 Å². The Bertz CT molecular complexity index is 1340. The molecule has 0 aromatic heterocycles. The average Bonchev–Trinajstić information content (AvgIpc) is 2.89. The SMILES string of the molecule is CC[C@H](C)NC(=O)[C@H](C)N(Cc1ccc(OC)cc1)C(=O)CN(c1cccc2ccccc12)S(C)(=O)=O. The van der Waals surface area contributed by atoms with E-state index in [1.165, 1.54) is 4.90 Å². The highest BCUT2D eigenvalue weighted by atomic mass is 32.2. The molecule has 0 saturated carbocycles. The van der Waals surface area contributed by atoms with Crippen LogP contribution in [0.5, 0.6) is 5.75 Å². The number of ether oxygens (including phenoxy) is 1. The van der Waals surface area contributed by atoms with Gasteiger partial charge in [-0.1, -0.05) is 55.5 Å². The molecule has 0 aliphatic carbocycles. The van der Waals surface area contributed by atoms with Crippen LogP contribution in [0.2, 0.25) is 0 Å². The van der Waals surface area contributed by atoms with Gasteiger partial charge in [-0.2, -0.15) is 0 Å². The Balaban J connectivity index is 1.98. The third-order valence-corrected chi connectivity index (χ3v) is 7.52. The Hall–Kier alpha value is -3.59. The molecule has 0 heterocycles. The third kappa shape index (κ3) is 7.01. The fourth-order valence-corrected chi connectivity index (χ4v) is 4.86. The lowest BCUT2D eigenvalue weighted by Crippen LogP contribution is -2.52. The van der Waals surface area contributed by atoms with Crippen molar-refractivity contribution >= 4 is 38.3 Å². The normalized spacial score (nSPS) is 13.0. The number of methoxy groups -OCH3 is 1.